The Kier molecular flexibility index (Phi) is 6.86. The molecule has 0 saturated carbocycles. The fourth-order valence-electron chi connectivity index (χ4n) is 3.29. The lowest BCUT2D eigenvalue weighted by atomic mass is 10.3. The van der Waals surface area contributed by atoms with Gasteiger partial charge in [-0.3, -0.25) is 9.69 Å². The van der Waals surface area contributed by atoms with Crippen LogP contribution in [0.5, 0.6) is 0 Å². The van der Waals surface area contributed by atoms with Crippen molar-refractivity contribution in [3.8, 4) is 0 Å². The number of fused-ring (bicyclic) bond motifs is 2. The Labute approximate surface area is 169 Å². The maximum Gasteiger partial charge on any atom is 0.291 e. The maximum absolute atomic E-state index is 12.9. The minimum Gasteiger partial charge on any atom is -0.303 e. The number of aromatic nitrogens is 1. The number of anilines is 2. The zero-order valence-electron chi connectivity index (χ0n) is 14.5. The summed E-state index contributed by atoms with van der Waals surface area (Å²) in [6.45, 7) is 3.53. The van der Waals surface area contributed by atoms with Crippen molar-refractivity contribution < 1.29 is 4.79 Å². The summed E-state index contributed by atoms with van der Waals surface area (Å²) in [6, 6.07) is 12.0. The van der Waals surface area contributed by atoms with Crippen LogP contribution in [0.1, 0.15) is 19.3 Å². The summed E-state index contributed by atoms with van der Waals surface area (Å²) >= 11 is 3.08. The van der Waals surface area contributed by atoms with Gasteiger partial charge in [0.15, 0.2) is 5.82 Å². The zero-order chi connectivity index (χ0) is 17.1. The number of hydrogen-bond acceptors (Lipinski definition) is 5. The number of nitrogens with zero attached hydrogens (tertiary/aromatic N) is 3. The van der Waals surface area contributed by atoms with E-state index in [0.29, 0.717) is 0 Å². The van der Waals surface area contributed by atoms with Gasteiger partial charge in [-0.05, 0) is 63.2 Å². The van der Waals surface area contributed by atoms with Gasteiger partial charge in [0.25, 0.3) is 5.24 Å². The molecule has 1 fully saturated rings. The minimum atomic E-state index is 0. The molecule has 0 bridgehead atoms. The first-order chi connectivity index (χ1) is 12.3. The van der Waals surface area contributed by atoms with E-state index in [2.05, 4.69) is 16.0 Å². The Morgan fingerprint density at radius 1 is 1.12 bits per heavy atom. The molecule has 2 aliphatic rings. The van der Waals surface area contributed by atoms with Crippen molar-refractivity contribution in [2.24, 2.45) is 0 Å². The summed E-state index contributed by atoms with van der Waals surface area (Å²) in [5.41, 5.74) is 0.941. The van der Waals surface area contributed by atoms with Gasteiger partial charge in [0.1, 0.15) is 0 Å². The first-order valence-corrected chi connectivity index (χ1v) is 10.5. The van der Waals surface area contributed by atoms with E-state index in [0.717, 1.165) is 40.0 Å². The standard InChI is InChI=1S/C19H21N3OS2.ClH/c23-19(24-14-6-13-21-11-3-4-12-21)22-15-7-1-2-8-16(15)25-17-9-5-10-20-18(17)22;/h1-2,5,7-10H,3-4,6,11-14H2;1H. The van der Waals surface area contributed by atoms with Gasteiger partial charge in [-0.25, -0.2) is 4.98 Å². The third-order valence-corrected chi connectivity index (χ3v) is 6.54. The van der Waals surface area contributed by atoms with Gasteiger partial charge in [-0.1, -0.05) is 35.7 Å². The fourth-order valence-corrected chi connectivity index (χ4v) is 5.09. The van der Waals surface area contributed by atoms with Crippen LogP contribution < -0.4 is 4.90 Å². The molecule has 0 radical (unpaired) electrons. The molecule has 4 rings (SSSR count). The number of benzene rings is 1. The number of likely N-dealkylation sites (tertiary alicyclic amines) is 1. The zero-order valence-corrected chi connectivity index (χ0v) is 16.9. The molecule has 0 atom stereocenters. The van der Waals surface area contributed by atoms with Crippen molar-refractivity contribution in [3.63, 3.8) is 0 Å². The smallest absolute Gasteiger partial charge is 0.291 e. The lowest BCUT2D eigenvalue weighted by Gasteiger charge is -2.29. The van der Waals surface area contributed by atoms with Crippen LogP contribution in [-0.2, 0) is 0 Å². The summed E-state index contributed by atoms with van der Waals surface area (Å²) < 4.78 is 0. The van der Waals surface area contributed by atoms with E-state index in [1.54, 1.807) is 22.9 Å². The van der Waals surface area contributed by atoms with Crippen LogP contribution in [0.3, 0.4) is 0 Å². The first-order valence-electron chi connectivity index (χ1n) is 8.74. The fraction of sp³-hybridized carbons (Fsp3) is 0.368. The van der Waals surface area contributed by atoms with Crippen LogP contribution >= 0.6 is 35.9 Å². The SMILES string of the molecule is Cl.O=C(SCCCN1CCCC1)N1c2ccccc2Sc2cccnc21. The third-order valence-electron chi connectivity index (χ3n) is 4.51. The number of thioether (sulfide) groups is 1. The lowest BCUT2D eigenvalue weighted by Crippen LogP contribution is -2.26. The molecule has 26 heavy (non-hydrogen) atoms. The highest BCUT2D eigenvalue weighted by atomic mass is 35.5. The van der Waals surface area contributed by atoms with Crippen molar-refractivity contribution in [1.29, 1.82) is 0 Å². The quantitative estimate of drug-likeness (QED) is 0.630. The molecule has 0 N–H and O–H groups in total. The number of carbonyl (C=O) groups is 1. The van der Waals surface area contributed by atoms with Crippen LogP contribution in [0.2, 0.25) is 0 Å². The van der Waals surface area contributed by atoms with Crippen LogP contribution in [0.25, 0.3) is 0 Å². The summed E-state index contributed by atoms with van der Waals surface area (Å²) in [5, 5.41) is 0.0640. The molecule has 1 saturated heterocycles. The van der Waals surface area contributed by atoms with Gasteiger partial charge < -0.3 is 4.90 Å². The van der Waals surface area contributed by atoms with Crippen molar-refractivity contribution in [2.75, 3.05) is 30.3 Å². The predicted octanol–water partition coefficient (Wildman–Crippen LogP) is 5.45. The largest absolute Gasteiger partial charge is 0.303 e. The molecule has 138 valence electrons. The maximum atomic E-state index is 12.9. The second kappa shape index (κ2) is 9.13. The van der Waals surface area contributed by atoms with Gasteiger partial charge in [-0.2, -0.15) is 0 Å². The molecule has 2 aromatic rings. The highest BCUT2D eigenvalue weighted by Gasteiger charge is 2.29. The van der Waals surface area contributed by atoms with Crippen LogP contribution in [0.15, 0.2) is 52.4 Å². The minimum absolute atomic E-state index is 0. The van der Waals surface area contributed by atoms with Crippen LogP contribution in [0, 0.1) is 0 Å². The number of amides is 1. The van der Waals surface area contributed by atoms with E-state index < -0.39 is 0 Å². The molecule has 0 spiro atoms. The van der Waals surface area contributed by atoms with Gasteiger partial charge in [0.2, 0.25) is 0 Å². The Morgan fingerprint density at radius 2 is 1.88 bits per heavy atom. The second-order valence-corrected chi connectivity index (χ2v) is 8.38. The number of halogens is 1. The molecular weight excluding hydrogens is 386 g/mol. The Hall–Kier alpha value is -1.21. The van der Waals surface area contributed by atoms with Crippen molar-refractivity contribution in [1.82, 2.24) is 9.88 Å². The second-order valence-electron chi connectivity index (χ2n) is 6.25. The monoisotopic (exact) mass is 407 g/mol. The van der Waals surface area contributed by atoms with E-state index >= 15 is 0 Å². The predicted molar refractivity (Wildman–Crippen MR) is 112 cm³/mol. The molecule has 7 heteroatoms. The molecule has 1 aromatic carbocycles. The lowest BCUT2D eigenvalue weighted by molar-refractivity contribution is 0.266. The normalized spacial score (nSPS) is 15.9. The Balaban J connectivity index is 0.00000196. The summed E-state index contributed by atoms with van der Waals surface area (Å²) in [7, 11) is 0. The molecule has 0 aliphatic carbocycles. The molecule has 3 heterocycles. The number of carbonyl (C=O) groups excluding carboxylic acids is 1. The molecule has 1 amide bonds. The third kappa shape index (κ3) is 4.19. The average Bonchev–Trinajstić information content (AvgIpc) is 3.16. The summed E-state index contributed by atoms with van der Waals surface area (Å²) in [4.78, 5) is 23.8. The van der Waals surface area contributed by atoms with Gasteiger partial charge >= 0.3 is 0 Å². The van der Waals surface area contributed by atoms with Crippen molar-refractivity contribution in [2.45, 2.75) is 29.1 Å². The molecule has 4 nitrogen and oxygen atoms in total. The average molecular weight is 408 g/mol. The highest BCUT2D eigenvalue weighted by Crippen LogP contribution is 2.47. The first kappa shape index (κ1) is 19.5. The number of pyridine rings is 1. The van der Waals surface area contributed by atoms with E-state index in [1.165, 1.54) is 37.7 Å². The van der Waals surface area contributed by atoms with Crippen LogP contribution in [0.4, 0.5) is 16.3 Å². The van der Waals surface area contributed by atoms with Crippen molar-refractivity contribution in [3.05, 3.63) is 42.6 Å². The topological polar surface area (TPSA) is 36.4 Å². The Bertz CT molecular complexity index is 722. The Morgan fingerprint density at radius 3 is 2.73 bits per heavy atom. The molecule has 1 aromatic heterocycles. The van der Waals surface area contributed by atoms with E-state index in [1.807, 2.05) is 30.3 Å². The molecular formula is C19H22ClN3OS2. The van der Waals surface area contributed by atoms with Crippen LogP contribution in [-0.4, -0.2) is 40.5 Å². The number of hydrogen-bond donors (Lipinski definition) is 0. The van der Waals surface area contributed by atoms with Gasteiger partial charge in [-0.15, -0.1) is 12.4 Å². The van der Waals surface area contributed by atoms with Gasteiger partial charge in [0, 0.05) is 16.8 Å². The molecule has 0 unspecified atom stereocenters. The number of para-hydroxylation sites is 1. The number of rotatable bonds is 4. The van der Waals surface area contributed by atoms with Crippen molar-refractivity contribution >= 4 is 52.7 Å². The van der Waals surface area contributed by atoms with Gasteiger partial charge in [0.05, 0.1) is 10.6 Å². The van der Waals surface area contributed by atoms with E-state index in [-0.39, 0.29) is 17.6 Å². The summed E-state index contributed by atoms with van der Waals surface area (Å²) in [6.07, 6.45) is 5.44. The summed E-state index contributed by atoms with van der Waals surface area (Å²) in [5.74, 6) is 1.60. The van der Waals surface area contributed by atoms with E-state index in [4.69, 9.17) is 0 Å². The van der Waals surface area contributed by atoms with E-state index in [9.17, 15) is 4.79 Å². The highest BCUT2D eigenvalue weighted by molar-refractivity contribution is 8.13. The molecule has 2 aliphatic heterocycles.